The van der Waals surface area contributed by atoms with Crippen molar-refractivity contribution in [2.24, 2.45) is 0 Å². The van der Waals surface area contributed by atoms with Gasteiger partial charge in [-0.05, 0) is 31.4 Å². The summed E-state index contributed by atoms with van der Waals surface area (Å²) in [7, 11) is 1.66. The summed E-state index contributed by atoms with van der Waals surface area (Å²) in [6.07, 6.45) is 5.15. The molecule has 2 aromatic heterocycles. The summed E-state index contributed by atoms with van der Waals surface area (Å²) in [6, 6.07) is 15.4. The number of benzene rings is 2. The van der Waals surface area contributed by atoms with Crippen LogP contribution in [0.3, 0.4) is 0 Å². The number of ether oxygens (including phenoxy) is 1. The average Bonchev–Trinajstić information content (AvgIpc) is 3.46. The number of hydrogen-bond acceptors (Lipinski definition) is 5. The number of likely N-dealkylation sites (tertiary alicyclic amines) is 1. The molecule has 0 unspecified atom stereocenters. The highest BCUT2D eigenvalue weighted by atomic mass is 16.5. The molecule has 1 amide bonds. The Morgan fingerprint density at radius 2 is 2.03 bits per heavy atom. The molecule has 1 saturated heterocycles. The number of para-hydroxylation sites is 2. The number of fused-ring (bicyclic) bond motifs is 1. The van der Waals surface area contributed by atoms with Gasteiger partial charge in [-0.3, -0.25) is 9.89 Å². The van der Waals surface area contributed by atoms with Gasteiger partial charge in [0.15, 0.2) is 5.69 Å². The van der Waals surface area contributed by atoms with Crippen LogP contribution in [0.15, 0.2) is 59.1 Å². The van der Waals surface area contributed by atoms with Gasteiger partial charge >= 0.3 is 0 Å². The van der Waals surface area contributed by atoms with Gasteiger partial charge in [-0.2, -0.15) is 5.10 Å². The van der Waals surface area contributed by atoms with Gasteiger partial charge in [-0.25, -0.2) is 4.98 Å². The summed E-state index contributed by atoms with van der Waals surface area (Å²) in [5, 5.41) is 8.09. The van der Waals surface area contributed by atoms with Gasteiger partial charge in [-0.15, -0.1) is 0 Å². The first-order valence-corrected chi connectivity index (χ1v) is 10.5. The molecule has 0 aliphatic carbocycles. The van der Waals surface area contributed by atoms with Gasteiger partial charge in [0.2, 0.25) is 5.89 Å². The van der Waals surface area contributed by atoms with Crippen LogP contribution in [0.1, 0.15) is 53.0 Å². The minimum atomic E-state index is -0.192. The van der Waals surface area contributed by atoms with Crippen molar-refractivity contribution in [2.45, 2.75) is 31.7 Å². The summed E-state index contributed by atoms with van der Waals surface area (Å²) in [6.45, 7) is 0.662. The summed E-state index contributed by atoms with van der Waals surface area (Å²) >= 11 is 0. The fourth-order valence-corrected chi connectivity index (χ4v) is 4.29. The first-order chi connectivity index (χ1) is 15.2. The molecule has 1 N–H and O–H groups in total. The lowest BCUT2D eigenvalue weighted by atomic mass is 10.0. The molecule has 5 rings (SSSR count). The molecular formula is C24H24N4O3. The number of nitrogens with zero attached hydrogens (tertiary/aromatic N) is 3. The maximum atomic E-state index is 13.4. The quantitative estimate of drug-likeness (QED) is 0.517. The van der Waals surface area contributed by atoms with Crippen LogP contribution in [0.25, 0.3) is 10.9 Å². The van der Waals surface area contributed by atoms with E-state index < -0.39 is 0 Å². The SMILES string of the molecule is COc1ccccc1Cc1cnc([C@H]2CCCCN2C(=O)c2n[nH]c3ccccc23)o1. The first-order valence-electron chi connectivity index (χ1n) is 10.5. The summed E-state index contributed by atoms with van der Waals surface area (Å²) in [4.78, 5) is 19.8. The molecule has 0 saturated carbocycles. The van der Waals surface area contributed by atoms with Crippen molar-refractivity contribution in [3.05, 3.63) is 77.6 Å². The Labute approximate surface area is 180 Å². The number of rotatable bonds is 5. The minimum Gasteiger partial charge on any atom is -0.496 e. The van der Waals surface area contributed by atoms with E-state index in [0.29, 0.717) is 24.6 Å². The van der Waals surface area contributed by atoms with Crippen LogP contribution in [0.4, 0.5) is 0 Å². The second-order valence-corrected chi connectivity index (χ2v) is 7.78. The van der Waals surface area contributed by atoms with Crippen molar-refractivity contribution in [1.82, 2.24) is 20.1 Å². The zero-order chi connectivity index (χ0) is 21.2. The fourth-order valence-electron chi connectivity index (χ4n) is 4.29. The number of oxazole rings is 1. The summed E-state index contributed by atoms with van der Waals surface area (Å²) < 4.78 is 11.6. The maximum Gasteiger partial charge on any atom is 0.275 e. The third-order valence-corrected chi connectivity index (χ3v) is 5.85. The van der Waals surface area contributed by atoms with E-state index in [1.54, 1.807) is 13.3 Å². The van der Waals surface area contributed by atoms with Crippen LogP contribution in [0, 0.1) is 0 Å². The Morgan fingerprint density at radius 1 is 1.19 bits per heavy atom. The molecule has 1 fully saturated rings. The van der Waals surface area contributed by atoms with E-state index in [2.05, 4.69) is 15.2 Å². The van der Waals surface area contributed by atoms with Crippen LogP contribution in [-0.2, 0) is 6.42 Å². The predicted octanol–water partition coefficient (Wildman–Crippen LogP) is 4.52. The van der Waals surface area contributed by atoms with Gasteiger partial charge in [0.25, 0.3) is 5.91 Å². The van der Waals surface area contributed by atoms with Crippen molar-refractivity contribution in [1.29, 1.82) is 0 Å². The number of hydrogen-bond donors (Lipinski definition) is 1. The van der Waals surface area contributed by atoms with Crippen LogP contribution >= 0.6 is 0 Å². The normalized spacial score (nSPS) is 16.5. The van der Waals surface area contributed by atoms with E-state index in [-0.39, 0.29) is 11.9 Å². The molecule has 2 aromatic carbocycles. The zero-order valence-electron chi connectivity index (χ0n) is 17.4. The van der Waals surface area contributed by atoms with E-state index in [4.69, 9.17) is 9.15 Å². The van der Waals surface area contributed by atoms with Crippen molar-refractivity contribution < 1.29 is 13.9 Å². The molecule has 158 valence electrons. The van der Waals surface area contributed by atoms with E-state index >= 15 is 0 Å². The molecule has 3 heterocycles. The molecule has 7 heteroatoms. The standard InChI is InChI=1S/C24H24N4O3/c1-30-21-12-5-2-8-16(21)14-17-15-25-23(31-17)20-11-6-7-13-28(20)24(29)22-18-9-3-4-10-19(18)26-27-22/h2-5,8-10,12,15,20H,6-7,11,13-14H2,1H3,(H,26,27)/t20-/m1/s1. The number of methoxy groups -OCH3 is 1. The van der Waals surface area contributed by atoms with E-state index in [9.17, 15) is 4.79 Å². The molecule has 31 heavy (non-hydrogen) atoms. The molecule has 4 aromatic rings. The van der Waals surface area contributed by atoms with Crippen molar-refractivity contribution >= 4 is 16.8 Å². The highest BCUT2D eigenvalue weighted by Crippen LogP contribution is 2.33. The van der Waals surface area contributed by atoms with Gasteiger partial charge < -0.3 is 14.1 Å². The summed E-state index contributed by atoms with van der Waals surface area (Å²) in [5.74, 6) is 2.06. The largest absolute Gasteiger partial charge is 0.496 e. The number of carbonyl (C=O) groups is 1. The predicted molar refractivity (Wildman–Crippen MR) is 116 cm³/mol. The van der Waals surface area contributed by atoms with Crippen LogP contribution in [0.2, 0.25) is 0 Å². The van der Waals surface area contributed by atoms with Gasteiger partial charge in [0.05, 0.1) is 18.8 Å². The Morgan fingerprint density at radius 3 is 2.94 bits per heavy atom. The highest BCUT2D eigenvalue weighted by Gasteiger charge is 2.33. The molecule has 0 bridgehead atoms. The highest BCUT2D eigenvalue weighted by molar-refractivity contribution is 6.04. The molecule has 1 aliphatic heterocycles. The molecule has 0 spiro atoms. The Balaban J connectivity index is 1.40. The number of piperidine rings is 1. The number of carbonyl (C=O) groups excluding carboxylic acids is 1. The van der Waals surface area contributed by atoms with Crippen molar-refractivity contribution in [3.63, 3.8) is 0 Å². The lowest BCUT2D eigenvalue weighted by Crippen LogP contribution is -2.39. The lowest BCUT2D eigenvalue weighted by Gasteiger charge is -2.33. The molecule has 0 radical (unpaired) electrons. The van der Waals surface area contributed by atoms with E-state index in [1.165, 1.54) is 0 Å². The first kappa shape index (κ1) is 19.4. The molecule has 7 nitrogen and oxygen atoms in total. The van der Waals surface area contributed by atoms with Crippen molar-refractivity contribution in [2.75, 3.05) is 13.7 Å². The Bertz CT molecular complexity index is 1210. The van der Waals surface area contributed by atoms with Crippen LogP contribution < -0.4 is 4.74 Å². The second-order valence-electron chi connectivity index (χ2n) is 7.78. The number of nitrogens with one attached hydrogen (secondary N) is 1. The molecule has 1 atom stereocenters. The lowest BCUT2D eigenvalue weighted by molar-refractivity contribution is 0.0566. The Kier molecular flexibility index (Phi) is 5.16. The third-order valence-electron chi connectivity index (χ3n) is 5.85. The topological polar surface area (TPSA) is 84.2 Å². The monoisotopic (exact) mass is 416 g/mol. The second kappa shape index (κ2) is 8.26. The summed E-state index contributed by atoms with van der Waals surface area (Å²) in [5.41, 5.74) is 2.34. The number of amides is 1. The van der Waals surface area contributed by atoms with Gasteiger partial charge in [0.1, 0.15) is 17.6 Å². The number of aromatic amines is 1. The minimum absolute atomic E-state index is 0.0911. The third kappa shape index (κ3) is 3.67. The molecule has 1 aliphatic rings. The maximum absolute atomic E-state index is 13.4. The van der Waals surface area contributed by atoms with Crippen LogP contribution in [-0.4, -0.2) is 39.6 Å². The van der Waals surface area contributed by atoms with Crippen LogP contribution in [0.5, 0.6) is 5.75 Å². The average molecular weight is 416 g/mol. The number of H-pyrrole nitrogens is 1. The fraction of sp³-hybridized carbons (Fsp3) is 0.292. The van der Waals surface area contributed by atoms with Crippen molar-refractivity contribution in [3.8, 4) is 5.75 Å². The molecular weight excluding hydrogens is 392 g/mol. The number of aromatic nitrogens is 3. The zero-order valence-corrected chi connectivity index (χ0v) is 17.4. The Hall–Kier alpha value is -3.61. The van der Waals surface area contributed by atoms with Gasteiger partial charge in [0, 0.05) is 23.9 Å². The van der Waals surface area contributed by atoms with Gasteiger partial charge in [-0.1, -0.05) is 36.4 Å². The van der Waals surface area contributed by atoms with E-state index in [1.807, 2.05) is 53.4 Å². The van der Waals surface area contributed by atoms with E-state index in [0.717, 1.165) is 47.2 Å². The smallest absolute Gasteiger partial charge is 0.275 e.